The molecule has 0 rings (SSSR count). The van der Waals surface area contributed by atoms with Crippen LogP contribution < -0.4 is 0 Å². The van der Waals surface area contributed by atoms with E-state index in [9.17, 15) is 0 Å². The van der Waals surface area contributed by atoms with Gasteiger partial charge < -0.3 is 0 Å². The molecule has 4 heavy (non-hydrogen) atoms. The minimum Gasteiger partial charge on any atom is 0 e. The van der Waals surface area contributed by atoms with Crippen molar-refractivity contribution in [3.05, 3.63) is 0 Å². The Labute approximate surface area is 67.5 Å². The molecule has 0 aliphatic rings. The zero-order chi connectivity index (χ0) is 0. The van der Waals surface area contributed by atoms with Crippen LogP contribution in [0, 0.1) is 0 Å². The predicted octanol–water partition coefficient (Wildman–Crippen LogP) is -0.767. The number of hydrogen-bond acceptors (Lipinski definition) is 0. The summed E-state index contributed by atoms with van der Waals surface area (Å²) in [5.41, 5.74) is 0. The SMILES string of the molecule is [Ag].[Cu].[Ge].[Si]. The average molecular weight is 272 g/mol. The molecule has 0 N–H and O–H groups in total. The van der Waals surface area contributed by atoms with E-state index in [0.717, 1.165) is 0 Å². The number of hydrogen-bond donors (Lipinski definition) is 0. The minimum atomic E-state index is 0. The quantitative estimate of drug-likeness (QED) is 0.508. The maximum Gasteiger partial charge on any atom is 0 e. The van der Waals surface area contributed by atoms with Crippen LogP contribution in [0.1, 0.15) is 0 Å². The third kappa shape index (κ3) is 8.99. The van der Waals surface area contributed by atoms with E-state index in [1.54, 1.807) is 0 Å². The third-order valence-corrected chi connectivity index (χ3v) is 0. The second kappa shape index (κ2) is 19.9. The van der Waals surface area contributed by atoms with Crippen LogP contribution in [0.4, 0.5) is 0 Å². The monoisotopic (exact) mass is 272 g/mol. The molecule has 0 atom stereocenters. The van der Waals surface area contributed by atoms with Gasteiger partial charge in [-0.2, -0.15) is 0 Å². The molecule has 4 heteroatoms. The van der Waals surface area contributed by atoms with Crippen molar-refractivity contribution in [2.75, 3.05) is 0 Å². The maximum atomic E-state index is 0. The molecule has 0 unspecified atom stereocenters. The van der Waals surface area contributed by atoms with E-state index in [-0.39, 0.29) is 68.0 Å². The Morgan fingerprint density at radius 3 is 1.00 bits per heavy atom. The van der Waals surface area contributed by atoms with E-state index in [1.807, 2.05) is 0 Å². The molecule has 10 radical (unpaired) electrons. The molecule has 0 aromatic rings. The van der Waals surface area contributed by atoms with Gasteiger partial charge in [0.15, 0.2) is 0 Å². The molecule has 0 amide bonds. The topological polar surface area (TPSA) is 0 Å². The van der Waals surface area contributed by atoms with E-state index in [0.29, 0.717) is 0 Å². The van der Waals surface area contributed by atoms with Gasteiger partial charge in [0.1, 0.15) is 0 Å². The van der Waals surface area contributed by atoms with Gasteiger partial charge in [0.2, 0.25) is 0 Å². The Kier molecular flexibility index (Phi) is 185. The smallest absolute Gasteiger partial charge is 0 e. The Hall–Kier alpha value is 2.02. The van der Waals surface area contributed by atoms with E-state index in [1.165, 1.54) is 0 Å². The van der Waals surface area contributed by atoms with Crippen LogP contribution in [0.2, 0.25) is 0 Å². The van der Waals surface area contributed by atoms with Crippen LogP contribution in [0.5, 0.6) is 0 Å². The van der Waals surface area contributed by atoms with Crippen molar-refractivity contribution in [1.29, 1.82) is 0 Å². The standard InChI is InChI=1S/Ag.Cu.Ge.Si. The van der Waals surface area contributed by atoms with E-state index in [2.05, 4.69) is 0 Å². The fourth-order valence-electron chi connectivity index (χ4n) is 0. The summed E-state index contributed by atoms with van der Waals surface area (Å²) < 4.78 is 0. The van der Waals surface area contributed by atoms with Crippen molar-refractivity contribution < 1.29 is 39.4 Å². The molecule has 0 fully saturated rings. The molecule has 0 saturated heterocycles. The molecule has 0 saturated carbocycles. The van der Waals surface area contributed by atoms with Crippen LogP contribution in [-0.4, -0.2) is 28.6 Å². The predicted molar refractivity (Wildman–Crippen MR) is 11.5 cm³/mol. The van der Waals surface area contributed by atoms with Crippen molar-refractivity contribution in [3.8, 4) is 0 Å². The Morgan fingerprint density at radius 1 is 1.00 bits per heavy atom. The molecule has 0 aliphatic heterocycles. The van der Waals surface area contributed by atoms with E-state index in [4.69, 9.17) is 0 Å². The molecule has 0 bridgehead atoms. The van der Waals surface area contributed by atoms with Crippen molar-refractivity contribution in [1.82, 2.24) is 0 Å². The van der Waals surface area contributed by atoms with Crippen LogP contribution in [0.15, 0.2) is 0 Å². The van der Waals surface area contributed by atoms with Crippen LogP contribution in [0.25, 0.3) is 0 Å². The summed E-state index contributed by atoms with van der Waals surface area (Å²) in [7, 11) is 0. The molecule has 0 nitrogen and oxygen atoms in total. The average Bonchev–Trinajstić information content (AvgIpc) is 0. The van der Waals surface area contributed by atoms with Gasteiger partial charge in [-0.1, -0.05) is 0 Å². The first-order valence-corrected chi connectivity index (χ1v) is 0. The van der Waals surface area contributed by atoms with E-state index >= 15 is 0 Å². The molecule has 0 aromatic carbocycles. The third-order valence-electron chi connectivity index (χ3n) is 0. The molecule has 0 aromatic heterocycles. The van der Waals surface area contributed by atoms with Crippen LogP contribution in [-0.2, 0) is 39.4 Å². The molecular weight excluding hydrogens is 272 g/mol. The van der Waals surface area contributed by atoms with Crippen molar-refractivity contribution >= 4 is 28.6 Å². The van der Waals surface area contributed by atoms with Crippen molar-refractivity contribution in [2.45, 2.75) is 0 Å². The summed E-state index contributed by atoms with van der Waals surface area (Å²) in [5, 5.41) is 0. The number of rotatable bonds is 0. The summed E-state index contributed by atoms with van der Waals surface area (Å²) in [6.07, 6.45) is 0. The largest absolute Gasteiger partial charge is 0 e. The van der Waals surface area contributed by atoms with Crippen molar-refractivity contribution in [3.63, 3.8) is 0 Å². The van der Waals surface area contributed by atoms with Gasteiger partial charge in [-0.25, -0.2) is 0 Å². The summed E-state index contributed by atoms with van der Waals surface area (Å²) >= 11 is 0. The molecule has 0 heterocycles. The normalized spacial score (nSPS) is 0. The summed E-state index contributed by atoms with van der Waals surface area (Å²) in [6, 6.07) is 0. The molecular formula is AgCuGeSi. The van der Waals surface area contributed by atoms with Gasteiger partial charge in [-0.3, -0.25) is 0 Å². The van der Waals surface area contributed by atoms with Gasteiger partial charge in [-0.15, -0.1) is 0 Å². The molecule has 0 aliphatic carbocycles. The first-order valence-electron chi connectivity index (χ1n) is 0. The summed E-state index contributed by atoms with van der Waals surface area (Å²) in [5.74, 6) is 0. The van der Waals surface area contributed by atoms with E-state index < -0.39 is 0 Å². The zero-order valence-corrected chi connectivity index (χ0v) is 7.13. The van der Waals surface area contributed by atoms with Gasteiger partial charge in [0.05, 0.1) is 0 Å². The van der Waals surface area contributed by atoms with Gasteiger partial charge in [0.25, 0.3) is 0 Å². The fourth-order valence-corrected chi connectivity index (χ4v) is 0. The summed E-state index contributed by atoms with van der Waals surface area (Å²) in [6.45, 7) is 0. The Morgan fingerprint density at radius 2 is 1.00 bits per heavy atom. The van der Waals surface area contributed by atoms with Crippen molar-refractivity contribution in [2.24, 2.45) is 0 Å². The maximum absolute atomic E-state index is 0. The summed E-state index contributed by atoms with van der Waals surface area (Å²) in [4.78, 5) is 0. The fraction of sp³-hybridized carbons (Fsp3) is 0. The van der Waals surface area contributed by atoms with Gasteiger partial charge in [-0.05, 0) is 0 Å². The molecule has 0 spiro atoms. The van der Waals surface area contributed by atoms with Gasteiger partial charge in [0, 0.05) is 68.0 Å². The Bertz CT molecular complexity index is 8.00. The van der Waals surface area contributed by atoms with Crippen LogP contribution in [0.3, 0.4) is 0 Å². The second-order valence-corrected chi connectivity index (χ2v) is 0. The zero-order valence-electron chi connectivity index (χ0n) is 1.60. The first-order chi connectivity index (χ1) is 0. The minimum absolute atomic E-state index is 0. The second-order valence-electron chi connectivity index (χ2n) is 0. The van der Waals surface area contributed by atoms with Gasteiger partial charge >= 0.3 is 0 Å². The molecule has 30 valence electrons. The van der Waals surface area contributed by atoms with Crippen LogP contribution >= 0.6 is 0 Å². The first kappa shape index (κ1) is 37.2. The Balaban J connectivity index is 0.